The maximum atomic E-state index is 11.5. The zero-order valence-electron chi connectivity index (χ0n) is 7.87. The molecule has 4 heteroatoms. The molecule has 1 aliphatic heterocycles. The summed E-state index contributed by atoms with van der Waals surface area (Å²) in [6.45, 7) is 2.99. The van der Waals surface area contributed by atoms with Crippen molar-refractivity contribution in [1.82, 2.24) is 4.90 Å². The average molecular weight is 187 g/mol. The minimum atomic E-state index is 0.0933. The largest absolute Gasteiger partial charge is 0.396 e. The Bertz CT molecular complexity index is 153. The summed E-state index contributed by atoms with van der Waals surface area (Å²) in [6.07, 6.45) is 1.94. The summed E-state index contributed by atoms with van der Waals surface area (Å²) < 4.78 is 5.24. The van der Waals surface area contributed by atoms with Gasteiger partial charge in [0.15, 0.2) is 0 Å². The highest BCUT2D eigenvalue weighted by atomic mass is 16.5. The van der Waals surface area contributed by atoms with Crippen molar-refractivity contribution >= 4 is 5.91 Å². The van der Waals surface area contributed by atoms with Crippen LogP contribution >= 0.6 is 0 Å². The van der Waals surface area contributed by atoms with E-state index in [2.05, 4.69) is 0 Å². The van der Waals surface area contributed by atoms with Crippen molar-refractivity contribution in [3.8, 4) is 0 Å². The van der Waals surface area contributed by atoms with Gasteiger partial charge in [0.2, 0.25) is 5.91 Å². The third-order valence-electron chi connectivity index (χ3n) is 2.12. The number of hydrogen-bond donors (Lipinski definition) is 1. The van der Waals surface area contributed by atoms with Gasteiger partial charge < -0.3 is 14.7 Å². The number of aliphatic hydroxyl groups is 1. The lowest BCUT2D eigenvalue weighted by Gasteiger charge is -2.19. The van der Waals surface area contributed by atoms with Gasteiger partial charge in [-0.2, -0.15) is 0 Å². The van der Waals surface area contributed by atoms with E-state index in [1.807, 2.05) is 4.90 Å². The second-order valence-electron chi connectivity index (χ2n) is 3.17. The summed E-state index contributed by atoms with van der Waals surface area (Å²) in [7, 11) is 0. The third kappa shape index (κ3) is 3.74. The SMILES string of the molecule is O=C(CCCO)N1CCCOCC1. The second-order valence-corrected chi connectivity index (χ2v) is 3.17. The van der Waals surface area contributed by atoms with Crippen molar-refractivity contribution in [2.24, 2.45) is 0 Å². The third-order valence-corrected chi connectivity index (χ3v) is 2.12. The Hall–Kier alpha value is -0.610. The summed E-state index contributed by atoms with van der Waals surface area (Å²) in [5, 5.41) is 8.57. The van der Waals surface area contributed by atoms with E-state index in [1.165, 1.54) is 0 Å². The van der Waals surface area contributed by atoms with Crippen LogP contribution in [0.3, 0.4) is 0 Å². The normalized spacial score (nSPS) is 18.4. The van der Waals surface area contributed by atoms with Crippen LogP contribution in [0.15, 0.2) is 0 Å². The van der Waals surface area contributed by atoms with Gasteiger partial charge in [0, 0.05) is 32.7 Å². The molecule has 0 bridgehead atoms. The molecular weight excluding hydrogens is 170 g/mol. The highest BCUT2D eigenvalue weighted by Gasteiger charge is 2.14. The molecule has 0 radical (unpaired) electrons. The van der Waals surface area contributed by atoms with E-state index in [-0.39, 0.29) is 12.5 Å². The maximum Gasteiger partial charge on any atom is 0.222 e. The molecule has 13 heavy (non-hydrogen) atoms. The van der Waals surface area contributed by atoms with Gasteiger partial charge in [0.1, 0.15) is 0 Å². The Kier molecular flexibility index (Phi) is 4.78. The van der Waals surface area contributed by atoms with Crippen LogP contribution in [-0.2, 0) is 9.53 Å². The van der Waals surface area contributed by atoms with Crippen molar-refractivity contribution in [1.29, 1.82) is 0 Å². The van der Waals surface area contributed by atoms with E-state index >= 15 is 0 Å². The summed E-state index contributed by atoms with van der Waals surface area (Å²) >= 11 is 0. The zero-order chi connectivity index (χ0) is 9.52. The molecule has 0 unspecified atom stereocenters. The van der Waals surface area contributed by atoms with Gasteiger partial charge in [0.05, 0.1) is 6.61 Å². The van der Waals surface area contributed by atoms with Crippen LogP contribution in [-0.4, -0.2) is 48.8 Å². The summed E-state index contributed by atoms with van der Waals surface area (Å²) in [5.74, 6) is 0.138. The minimum absolute atomic E-state index is 0.0933. The molecule has 1 N–H and O–H groups in total. The van der Waals surface area contributed by atoms with Crippen LogP contribution in [0.5, 0.6) is 0 Å². The predicted molar refractivity (Wildman–Crippen MR) is 48.3 cm³/mol. The minimum Gasteiger partial charge on any atom is -0.396 e. The van der Waals surface area contributed by atoms with Crippen LogP contribution in [0.25, 0.3) is 0 Å². The highest BCUT2D eigenvalue weighted by Crippen LogP contribution is 2.02. The molecule has 1 saturated heterocycles. The van der Waals surface area contributed by atoms with Crippen LogP contribution in [0, 0.1) is 0 Å². The molecule has 0 saturated carbocycles. The van der Waals surface area contributed by atoms with Crippen molar-refractivity contribution < 1.29 is 14.6 Å². The van der Waals surface area contributed by atoms with E-state index in [9.17, 15) is 4.79 Å². The lowest BCUT2D eigenvalue weighted by molar-refractivity contribution is -0.131. The molecule has 1 aliphatic rings. The number of rotatable bonds is 3. The van der Waals surface area contributed by atoms with Crippen molar-refractivity contribution in [2.45, 2.75) is 19.3 Å². The quantitative estimate of drug-likeness (QED) is 0.677. The fourth-order valence-electron chi connectivity index (χ4n) is 1.38. The molecule has 0 aromatic carbocycles. The van der Waals surface area contributed by atoms with E-state index in [0.29, 0.717) is 26.0 Å². The molecule has 4 nitrogen and oxygen atoms in total. The lowest BCUT2D eigenvalue weighted by Crippen LogP contribution is -2.33. The van der Waals surface area contributed by atoms with Gasteiger partial charge in [0.25, 0.3) is 0 Å². The Morgan fingerprint density at radius 3 is 3.00 bits per heavy atom. The van der Waals surface area contributed by atoms with Crippen LogP contribution < -0.4 is 0 Å². The smallest absolute Gasteiger partial charge is 0.222 e. The number of hydrogen-bond acceptors (Lipinski definition) is 3. The Morgan fingerprint density at radius 2 is 2.23 bits per heavy atom. The topological polar surface area (TPSA) is 49.8 Å². The first-order chi connectivity index (χ1) is 6.34. The molecule has 0 aromatic heterocycles. The van der Waals surface area contributed by atoms with E-state index in [4.69, 9.17) is 9.84 Å². The standard InChI is InChI=1S/C9H17NO3/c11-6-1-3-9(12)10-4-2-7-13-8-5-10/h11H,1-8H2. The number of carbonyl (C=O) groups excluding carboxylic acids is 1. The van der Waals surface area contributed by atoms with E-state index < -0.39 is 0 Å². The predicted octanol–water partition coefficient (Wildman–Crippen LogP) is 0.00780. The van der Waals surface area contributed by atoms with Gasteiger partial charge in [-0.1, -0.05) is 0 Å². The highest BCUT2D eigenvalue weighted by molar-refractivity contribution is 5.76. The number of amides is 1. The molecule has 76 valence electrons. The molecule has 1 fully saturated rings. The zero-order valence-corrected chi connectivity index (χ0v) is 7.87. The van der Waals surface area contributed by atoms with Gasteiger partial charge >= 0.3 is 0 Å². The van der Waals surface area contributed by atoms with Gasteiger partial charge in [-0.15, -0.1) is 0 Å². The monoisotopic (exact) mass is 187 g/mol. The summed E-state index contributed by atoms with van der Waals surface area (Å²) in [5.41, 5.74) is 0. The van der Waals surface area contributed by atoms with Crippen LogP contribution in [0.2, 0.25) is 0 Å². The summed E-state index contributed by atoms with van der Waals surface area (Å²) in [4.78, 5) is 13.3. The molecular formula is C9H17NO3. The first kappa shape index (κ1) is 10.5. The van der Waals surface area contributed by atoms with Gasteiger partial charge in [-0.25, -0.2) is 0 Å². The Labute approximate surface area is 78.5 Å². The number of nitrogens with zero attached hydrogens (tertiary/aromatic N) is 1. The molecule has 1 heterocycles. The maximum absolute atomic E-state index is 11.5. The van der Waals surface area contributed by atoms with Crippen molar-refractivity contribution in [3.63, 3.8) is 0 Å². The lowest BCUT2D eigenvalue weighted by atomic mass is 10.2. The number of aliphatic hydroxyl groups excluding tert-OH is 1. The fraction of sp³-hybridized carbons (Fsp3) is 0.889. The van der Waals surface area contributed by atoms with Crippen molar-refractivity contribution in [2.75, 3.05) is 32.9 Å². The fourth-order valence-corrected chi connectivity index (χ4v) is 1.38. The summed E-state index contributed by atoms with van der Waals surface area (Å²) in [6, 6.07) is 0. The number of ether oxygens (including phenoxy) is 1. The molecule has 0 atom stereocenters. The molecule has 0 aromatic rings. The number of carbonyl (C=O) groups is 1. The molecule has 1 amide bonds. The molecule has 0 aliphatic carbocycles. The second kappa shape index (κ2) is 5.94. The first-order valence-electron chi connectivity index (χ1n) is 4.81. The average Bonchev–Trinajstić information content (AvgIpc) is 2.42. The van der Waals surface area contributed by atoms with Gasteiger partial charge in [-0.3, -0.25) is 4.79 Å². The first-order valence-corrected chi connectivity index (χ1v) is 4.81. The van der Waals surface area contributed by atoms with E-state index in [0.717, 1.165) is 19.6 Å². The van der Waals surface area contributed by atoms with Crippen LogP contribution in [0.4, 0.5) is 0 Å². The Morgan fingerprint density at radius 1 is 1.38 bits per heavy atom. The van der Waals surface area contributed by atoms with Crippen molar-refractivity contribution in [3.05, 3.63) is 0 Å². The molecule has 0 spiro atoms. The van der Waals surface area contributed by atoms with Crippen LogP contribution in [0.1, 0.15) is 19.3 Å². The van der Waals surface area contributed by atoms with Gasteiger partial charge in [-0.05, 0) is 12.8 Å². The van der Waals surface area contributed by atoms with E-state index in [1.54, 1.807) is 0 Å². The molecule has 1 rings (SSSR count). The Balaban J connectivity index is 2.26.